The predicted octanol–water partition coefficient (Wildman–Crippen LogP) is 9.40. The Labute approximate surface area is 224 Å². The van der Waals surface area contributed by atoms with Gasteiger partial charge in [-0.2, -0.15) is 0 Å². The number of hydrogen-bond donors (Lipinski definition) is 0. The van der Waals surface area contributed by atoms with Crippen molar-refractivity contribution in [2.24, 2.45) is 5.92 Å². The quantitative estimate of drug-likeness (QED) is 0.229. The predicted molar refractivity (Wildman–Crippen MR) is 158 cm³/mol. The summed E-state index contributed by atoms with van der Waals surface area (Å²) in [6.07, 6.45) is 7.16. The summed E-state index contributed by atoms with van der Waals surface area (Å²) in [4.78, 5) is 0. The van der Waals surface area contributed by atoms with Crippen LogP contribution in [0.3, 0.4) is 0 Å². The average Bonchev–Trinajstić information content (AvgIpc) is 3.45. The molecule has 8 rings (SSSR count). The first-order chi connectivity index (χ1) is 18.8. The summed E-state index contributed by atoms with van der Waals surface area (Å²) in [5, 5.41) is 0. The normalized spacial score (nSPS) is 19.4. The van der Waals surface area contributed by atoms with Crippen molar-refractivity contribution in [1.29, 1.82) is 0 Å². The van der Waals surface area contributed by atoms with Crippen molar-refractivity contribution in [3.63, 3.8) is 0 Å². The number of fused-ring (bicyclic) bond motifs is 10. The molecule has 0 N–H and O–H groups in total. The summed E-state index contributed by atoms with van der Waals surface area (Å²) in [5.74, 6) is 0.761. The molecule has 0 heteroatoms. The molecular formula is C38H28. The number of allylic oxidation sites excluding steroid dienone is 4. The van der Waals surface area contributed by atoms with E-state index in [1.165, 1.54) is 61.2 Å². The summed E-state index contributed by atoms with van der Waals surface area (Å²) in [6.45, 7) is 2.34. The molecule has 5 aromatic rings. The Morgan fingerprint density at radius 3 is 1.66 bits per heavy atom. The van der Waals surface area contributed by atoms with Crippen LogP contribution in [0.1, 0.15) is 46.2 Å². The molecule has 0 fully saturated rings. The summed E-state index contributed by atoms with van der Waals surface area (Å²) in [7, 11) is 0. The Balaban J connectivity index is 1.38. The lowest BCUT2D eigenvalue weighted by Gasteiger charge is -2.31. The van der Waals surface area contributed by atoms with E-state index in [0.29, 0.717) is 11.8 Å². The van der Waals surface area contributed by atoms with E-state index in [0.717, 1.165) is 0 Å². The van der Waals surface area contributed by atoms with Gasteiger partial charge in [0.2, 0.25) is 0 Å². The largest absolute Gasteiger partial charge is 0.0802 e. The summed E-state index contributed by atoms with van der Waals surface area (Å²) in [6, 6.07) is 45.2. The maximum absolute atomic E-state index is 2.54. The zero-order chi connectivity index (χ0) is 25.3. The molecule has 1 spiro atoms. The fraction of sp³-hybridized carbons (Fsp3) is 0.105. The third-order valence-electron chi connectivity index (χ3n) is 9.02. The summed E-state index contributed by atoms with van der Waals surface area (Å²) < 4.78 is 0. The van der Waals surface area contributed by atoms with Crippen molar-refractivity contribution < 1.29 is 0 Å². The first-order valence-corrected chi connectivity index (χ1v) is 13.7. The van der Waals surface area contributed by atoms with E-state index in [4.69, 9.17) is 0 Å². The molecule has 3 aliphatic carbocycles. The monoisotopic (exact) mass is 484 g/mol. The van der Waals surface area contributed by atoms with Crippen molar-refractivity contribution >= 4 is 5.57 Å². The Hall–Kier alpha value is -4.42. The maximum Gasteiger partial charge on any atom is 0.0725 e. The van der Waals surface area contributed by atoms with Crippen LogP contribution in [0.15, 0.2) is 140 Å². The molecule has 180 valence electrons. The topological polar surface area (TPSA) is 0 Å². The van der Waals surface area contributed by atoms with Crippen molar-refractivity contribution in [3.8, 4) is 22.3 Å². The molecule has 0 heterocycles. The second-order valence-electron chi connectivity index (χ2n) is 10.9. The van der Waals surface area contributed by atoms with Gasteiger partial charge in [0.1, 0.15) is 0 Å². The molecule has 2 atom stereocenters. The van der Waals surface area contributed by atoms with Gasteiger partial charge < -0.3 is 0 Å². The highest BCUT2D eigenvalue weighted by molar-refractivity contribution is 5.95. The zero-order valence-electron chi connectivity index (χ0n) is 21.4. The fourth-order valence-corrected chi connectivity index (χ4v) is 7.32. The highest BCUT2D eigenvalue weighted by Gasteiger charge is 2.51. The van der Waals surface area contributed by atoms with Crippen molar-refractivity contribution in [2.45, 2.75) is 18.3 Å². The lowest BCUT2D eigenvalue weighted by Crippen LogP contribution is -2.26. The van der Waals surface area contributed by atoms with Crippen LogP contribution in [-0.2, 0) is 5.41 Å². The van der Waals surface area contributed by atoms with Gasteiger partial charge in [-0.1, -0.05) is 146 Å². The van der Waals surface area contributed by atoms with Crippen LogP contribution < -0.4 is 0 Å². The Kier molecular flexibility index (Phi) is 4.58. The molecule has 0 bridgehead atoms. The Morgan fingerprint density at radius 2 is 1.05 bits per heavy atom. The third-order valence-corrected chi connectivity index (χ3v) is 9.02. The first kappa shape index (κ1) is 21.6. The van der Waals surface area contributed by atoms with Gasteiger partial charge in [0, 0.05) is 5.92 Å². The van der Waals surface area contributed by atoms with E-state index in [9.17, 15) is 0 Å². The van der Waals surface area contributed by atoms with Crippen LogP contribution in [0.4, 0.5) is 0 Å². The Morgan fingerprint density at radius 1 is 0.526 bits per heavy atom. The second-order valence-corrected chi connectivity index (χ2v) is 10.9. The number of benzene rings is 5. The molecule has 0 saturated carbocycles. The Bertz CT molecular complexity index is 1720. The number of rotatable bonds is 2. The number of hydrogen-bond acceptors (Lipinski definition) is 0. The lowest BCUT2D eigenvalue weighted by atomic mass is 9.69. The van der Waals surface area contributed by atoms with Gasteiger partial charge in [0.15, 0.2) is 0 Å². The van der Waals surface area contributed by atoms with Crippen LogP contribution in [0.5, 0.6) is 0 Å². The fourth-order valence-electron chi connectivity index (χ4n) is 7.32. The zero-order valence-corrected chi connectivity index (χ0v) is 21.4. The van der Waals surface area contributed by atoms with E-state index in [-0.39, 0.29) is 5.41 Å². The third kappa shape index (κ3) is 2.81. The molecular weight excluding hydrogens is 456 g/mol. The van der Waals surface area contributed by atoms with E-state index >= 15 is 0 Å². The van der Waals surface area contributed by atoms with Gasteiger partial charge in [-0.15, -0.1) is 0 Å². The van der Waals surface area contributed by atoms with Crippen molar-refractivity contribution in [1.82, 2.24) is 0 Å². The molecule has 38 heavy (non-hydrogen) atoms. The summed E-state index contributed by atoms with van der Waals surface area (Å²) in [5.41, 5.74) is 14.8. The van der Waals surface area contributed by atoms with Crippen molar-refractivity contribution in [3.05, 3.63) is 173 Å². The minimum atomic E-state index is -0.283. The average molecular weight is 485 g/mol. The standard InChI is InChI=1S/C38H28/c1-25-19-20-27(26-11-3-2-4-12-26)23-33(25)28-21-22-32-31-15-7-10-18-36(31)38(37(32)24-28)34-16-8-5-13-29(34)30-14-6-9-17-35(30)38/h2-25,33H,1H3. The minimum Gasteiger partial charge on any atom is -0.0802 e. The van der Waals surface area contributed by atoms with E-state index in [1.54, 1.807) is 0 Å². The van der Waals surface area contributed by atoms with E-state index < -0.39 is 0 Å². The molecule has 3 aliphatic rings. The smallest absolute Gasteiger partial charge is 0.0725 e. The molecule has 2 unspecified atom stereocenters. The van der Waals surface area contributed by atoms with Gasteiger partial charge in [-0.05, 0) is 67.1 Å². The van der Waals surface area contributed by atoms with E-state index in [1.807, 2.05) is 0 Å². The highest BCUT2D eigenvalue weighted by Crippen LogP contribution is 2.63. The molecule has 5 aromatic carbocycles. The van der Waals surface area contributed by atoms with Gasteiger partial charge in [-0.25, -0.2) is 0 Å². The SMILES string of the molecule is CC1C=CC(c2ccccc2)=CC1c1ccc2c(c1)C1(c3ccccc3-c3ccccc31)c1ccccc1-2. The van der Waals surface area contributed by atoms with Gasteiger partial charge in [0.25, 0.3) is 0 Å². The van der Waals surface area contributed by atoms with Gasteiger partial charge in [0.05, 0.1) is 5.41 Å². The van der Waals surface area contributed by atoms with Crippen LogP contribution in [0.2, 0.25) is 0 Å². The second kappa shape index (κ2) is 8.04. The molecule has 0 aromatic heterocycles. The van der Waals surface area contributed by atoms with E-state index in [2.05, 4.69) is 146 Å². The lowest BCUT2D eigenvalue weighted by molar-refractivity contribution is 0.635. The molecule has 0 radical (unpaired) electrons. The van der Waals surface area contributed by atoms with Crippen molar-refractivity contribution in [2.75, 3.05) is 0 Å². The van der Waals surface area contributed by atoms with Crippen LogP contribution in [0, 0.1) is 5.92 Å². The van der Waals surface area contributed by atoms with Crippen LogP contribution in [0.25, 0.3) is 27.8 Å². The highest BCUT2D eigenvalue weighted by atomic mass is 14.5. The van der Waals surface area contributed by atoms with Gasteiger partial charge >= 0.3 is 0 Å². The minimum absolute atomic E-state index is 0.283. The summed E-state index contributed by atoms with van der Waals surface area (Å²) >= 11 is 0. The maximum atomic E-state index is 2.54. The molecule has 0 amide bonds. The van der Waals surface area contributed by atoms with Crippen LogP contribution in [-0.4, -0.2) is 0 Å². The molecule has 0 aliphatic heterocycles. The van der Waals surface area contributed by atoms with Crippen LogP contribution >= 0.6 is 0 Å². The first-order valence-electron chi connectivity index (χ1n) is 13.7. The molecule has 0 saturated heterocycles. The molecule has 0 nitrogen and oxygen atoms in total. The van der Waals surface area contributed by atoms with Gasteiger partial charge in [-0.3, -0.25) is 0 Å².